The molecule has 1 unspecified atom stereocenters. The van der Waals surface area contributed by atoms with Crippen molar-refractivity contribution >= 4 is 17.0 Å². The van der Waals surface area contributed by atoms with Gasteiger partial charge in [-0.1, -0.05) is 19.9 Å². The smallest absolute Gasteiger partial charge is 0.337 e. The third-order valence-electron chi connectivity index (χ3n) is 3.51. The minimum absolute atomic E-state index is 0.140. The van der Waals surface area contributed by atoms with Crippen LogP contribution in [0.25, 0.3) is 11.0 Å². The van der Waals surface area contributed by atoms with Crippen molar-refractivity contribution in [3.05, 3.63) is 29.6 Å². The zero-order valence-corrected chi connectivity index (χ0v) is 11.8. The highest BCUT2D eigenvalue weighted by molar-refractivity contribution is 6.01. The van der Waals surface area contributed by atoms with Crippen LogP contribution in [0.1, 0.15) is 36.5 Å². The molecule has 0 aliphatic rings. The highest BCUT2D eigenvalue weighted by atomic mass is 16.4. The number of hydrogen-bond acceptors (Lipinski definition) is 3. The van der Waals surface area contributed by atoms with Gasteiger partial charge in [-0.2, -0.15) is 0 Å². The molecular formula is C15H20N2O3. The number of aryl methyl sites for hydroxylation is 1. The van der Waals surface area contributed by atoms with E-state index in [-0.39, 0.29) is 18.1 Å². The predicted octanol–water partition coefficient (Wildman–Crippen LogP) is 2.32. The van der Waals surface area contributed by atoms with E-state index in [1.165, 1.54) is 0 Å². The SMILES string of the molecule is CCc1nc2cccc(C(=O)O)c2n1CC(C)CCO. The quantitative estimate of drug-likeness (QED) is 0.849. The molecular weight excluding hydrogens is 256 g/mol. The van der Waals surface area contributed by atoms with Crippen LogP contribution in [0.5, 0.6) is 0 Å². The first kappa shape index (κ1) is 14.5. The molecule has 5 nitrogen and oxygen atoms in total. The highest BCUT2D eigenvalue weighted by Gasteiger charge is 2.18. The Kier molecular flexibility index (Phi) is 4.39. The molecule has 1 aromatic carbocycles. The molecule has 0 spiro atoms. The van der Waals surface area contributed by atoms with E-state index in [9.17, 15) is 9.90 Å². The molecule has 0 amide bonds. The summed E-state index contributed by atoms with van der Waals surface area (Å²) in [7, 11) is 0. The second-order valence-corrected chi connectivity index (χ2v) is 5.09. The van der Waals surface area contributed by atoms with E-state index >= 15 is 0 Å². The number of rotatable bonds is 6. The number of fused-ring (bicyclic) bond motifs is 1. The Balaban J connectivity index is 2.57. The lowest BCUT2D eigenvalue weighted by Gasteiger charge is -2.14. The number of carboxylic acids is 1. The first-order chi connectivity index (χ1) is 9.58. The van der Waals surface area contributed by atoms with Crippen molar-refractivity contribution in [3.63, 3.8) is 0 Å². The number of imidazole rings is 1. The third-order valence-corrected chi connectivity index (χ3v) is 3.51. The van der Waals surface area contributed by atoms with Gasteiger partial charge in [-0.15, -0.1) is 0 Å². The van der Waals surface area contributed by atoms with Crippen molar-refractivity contribution in [2.45, 2.75) is 33.2 Å². The van der Waals surface area contributed by atoms with Crippen LogP contribution in [0, 0.1) is 5.92 Å². The summed E-state index contributed by atoms with van der Waals surface area (Å²) in [6.45, 7) is 4.87. The van der Waals surface area contributed by atoms with Gasteiger partial charge in [0.25, 0.3) is 0 Å². The standard InChI is InChI=1S/C15H20N2O3/c1-3-13-16-12-6-4-5-11(15(19)20)14(12)17(13)9-10(2)7-8-18/h4-6,10,18H,3,7-9H2,1-2H3,(H,19,20). The minimum atomic E-state index is -0.936. The average Bonchev–Trinajstić information content (AvgIpc) is 2.76. The molecule has 0 saturated carbocycles. The van der Waals surface area contributed by atoms with Gasteiger partial charge >= 0.3 is 5.97 Å². The number of carboxylic acid groups (broad SMARTS) is 1. The number of aromatic nitrogens is 2. The zero-order chi connectivity index (χ0) is 14.7. The monoisotopic (exact) mass is 276 g/mol. The number of hydrogen-bond donors (Lipinski definition) is 2. The normalized spacial score (nSPS) is 12.8. The molecule has 1 aromatic heterocycles. The molecule has 5 heteroatoms. The van der Waals surface area contributed by atoms with Gasteiger partial charge in [-0.3, -0.25) is 0 Å². The average molecular weight is 276 g/mol. The summed E-state index contributed by atoms with van der Waals surface area (Å²) in [6, 6.07) is 5.17. The van der Waals surface area contributed by atoms with Crippen LogP contribution in [0.4, 0.5) is 0 Å². The second kappa shape index (κ2) is 6.05. The fourth-order valence-corrected chi connectivity index (χ4v) is 2.50. The summed E-state index contributed by atoms with van der Waals surface area (Å²) in [6.07, 6.45) is 1.44. The Morgan fingerprint density at radius 3 is 2.80 bits per heavy atom. The molecule has 20 heavy (non-hydrogen) atoms. The summed E-state index contributed by atoms with van der Waals surface area (Å²) in [5.41, 5.74) is 1.69. The second-order valence-electron chi connectivity index (χ2n) is 5.09. The number of carbonyl (C=O) groups is 1. The van der Waals surface area contributed by atoms with Gasteiger partial charge in [-0.05, 0) is 24.5 Å². The Morgan fingerprint density at radius 2 is 2.20 bits per heavy atom. The van der Waals surface area contributed by atoms with Crippen molar-refractivity contribution < 1.29 is 15.0 Å². The van der Waals surface area contributed by atoms with Gasteiger partial charge in [-0.25, -0.2) is 9.78 Å². The van der Waals surface area contributed by atoms with E-state index in [1.807, 2.05) is 24.5 Å². The molecule has 1 heterocycles. The fourth-order valence-electron chi connectivity index (χ4n) is 2.50. The van der Waals surface area contributed by atoms with E-state index in [0.29, 0.717) is 18.5 Å². The van der Waals surface area contributed by atoms with E-state index < -0.39 is 5.97 Å². The summed E-state index contributed by atoms with van der Waals surface area (Å²) in [4.78, 5) is 15.9. The first-order valence-corrected chi connectivity index (χ1v) is 6.90. The molecule has 108 valence electrons. The number of aromatic carboxylic acids is 1. The summed E-state index contributed by atoms with van der Waals surface area (Å²) >= 11 is 0. The molecule has 0 bridgehead atoms. The molecule has 0 saturated heterocycles. The van der Waals surface area contributed by atoms with Crippen molar-refractivity contribution in [2.24, 2.45) is 5.92 Å². The van der Waals surface area contributed by atoms with Crippen molar-refractivity contribution in [1.29, 1.82) is 0 Å². The van der Waals surface area contributed by atoms with E-state index in [0.717, 1.165) is 17.8 Å². The number of para-hydroxylation sites is 1. The maximum atomic E-state index is 11.4. The van der Waals surface area contributed by atoms with Crippen LogP contribution in [-0.2, 0) is 13.0 Å². The van der Waals surface area contributed by atoms with Crippen molar-refractivity contribution in [2.75, 3.05) is 6.61 Å². The largest absolute Gasteiger partial charge is 0.478 e. The summed E-state index contributed by atoms with van der Waals surface area (Å²) in [5, 5.41) is 18.4. The lowest BCUT2D eigenvalue weighted by Crippen LogP contribution is -2.13. The maximum Gasteiger partial charge on any atom is 0.337 e. The predicted molar refractivity (Wildman–Crippen MR) is 76.9 cm³/mol. The lowest BCUT2D eigenvalue weighted by atomic mass is 10.1. The molecule has 0 fully saturated rings. The van der Waals surface area contributed by atoms with E-state index in [4.69, 9.17) is 5.11 Å². The number of nitrogens with zero attached hydrogens (tertiary/aromatic N) is 2. The Morgan fingerprint density at radius 1 is 1.45 bits per heavy atom. The summed E-state index contributed by atoms with van der Waals surface area (Å²) in [5.74, 6) is 0.220. The number of benzene rings is 1. The molecule has 0 aliphatic carbocycles. The lowest BCUT2D eigenvalue weighted by molar-refractivity contribution is 0.0698. The molecule has 0 aliphatic heterocycles. The molecule has 2 aromatic rings. The maximum absolute atomic E-state index is 11.4. The van der Waals surface area contributed by atoms with Gasteiger partial charge in [0.15, 0.2) is 0 Å². The number of aliphatic hydroxyl groups excluding tert-OH is 1. The first-order valence-electron chi connectivity index (χ1n) is 6.90. The Bertz CT molecular complexity index is 619. The Hall–Kier alpha value is -1.88. The highest BCUT2D eigenvalue weighted by Crippen LogP contribution is 2.23. The van der Waals surface area contributed by atoms with Gasteiger partial charge in [0.05, 0.1) is 16.6 Å². The Labute approximate surface area is 117 Å². The van der Waals surface area contributed by atoms with Gasteiger partial charge < -0.3 is 14.8 Å². The van der Waals surface area contributed by atoms with Crippen molar-refractivity contribution in [1.82, 2.24) is 9.55 Å². The van der Waals surface area contributed by atoms with Gasteiger partial charge in [0.1, 0.15) is 5.82 Å². The molecule has 1 atom stereocenters. The minimum Gasteiger partial charge on any atom is -0.478 e. The van der Waals surface area contributed by atoms with E-state index in [2.05, 4.69) is 4.98 Å². The van der Waals surface area contributed by atoms with Crippen LogP contribution in [0.2, 0.25) is 0 Å². The molecule has 0 radical (unpaired) electrons. The van der Waals surface area contributed by atoms with Gasteiger partial charge in [0.2, 0.25) is 0 Å². The van der Waals surface area contributed by atoms with Crippen molar-refractivity contribution in [3.8, 4) is 0 Å². The van der Waals surface area contributed by atoms with Gasteiger partial charge in [0, 0.05) is 19.6 Å². The van der Waals surface area contributed by atoms with Crippen LogP contribution < -0.4 is 0 Å². The summed E-state index contributed by atoms with van der Waals surface area (Å²) < 4.78 is 1.99. The molecule has 2 N–H and O–H groups in total. The third kappa shape index (κ3) is 2.67. The topological polar surface area (TPSA) is 75.3 Å². The zero-order valence-electron chi connectivity index (χ0n) is 11.8. The van der Waals surface area contributed by atoms with Crippen LogP contribution in [0.3, 0.4) is 0 Å². The van der Waals surface area contributed by atoms with Crippen LogP contribution in [-0.4, -0.2) is 32.3 Å². The van der Waals surface area contributed by atoms with E-state index in [1.54, 1.807) is 12.1 Å². The molecule has 2 rings (SSSR count). The van der Waals surface area contributed by atoms with Crippen LogP contribution in [0.15, 0.2) is 18.2 Å². The fraction of sp³-hybridized carbons (Fsp3) is 0.467. The number of aliphatic hydroxyl groups is 1. The van der Waals surface area contributed by atoms with Crippen LogP contribution >= 0.6 is 0 Å².